The zero-order valence-electron chi connectivity index (χ0n) is 15.9. The Morgan fingerprint density at radius 3 is 2.36 bits per heavy atom. The molecule has 8 heteroatoms. The second-order valence-electron chi connectivity index (χ2n) is 5.79. The van der Waals surface area contributed by atoms with Crippen molar-refractivity contribution in [1.82, 2.24) is 10.4 Å². The van der Waals surface area contributed by atoms with Crippen LogP contribution in [0.5, 0.6) is 17.2 Å². The van der Waals surface area contributed by atoms with Crippen LogP contribution in [0.15, 0.2) is 46.3 Å². The topological polar surface area (TPSA) is 64.6 Å². The van der Waals surface area contributed by atoms with E-state index in [0.29, 0.717) is 30.4 Å². The van der Waals surface area contributed by atoms with Gasteiger partial charge in [0.05, 0.1) is 26.5 Å². The zero-order valence-corrected chi connectivity index (χ0v) is 18.3. The van der Waals surface area contributed by atoms with E-state index in [2.05, 4.69) is 31.8 Å². The van der Waals surface area contributed by atoms with Crippen molar-refractivity contribution in [3.05, 3.63) is 51.8 Å². The molecule has 0 radical (unpaired) electrons. The Morgan fingerprint density at radius 1 is 1.07 bits per heavy atom. The van der Waals surface area contributed by atoms with E-state index in [0.717, 1.165) is 26.4 Å². The van der Waals surface area contributed by atoms with Gasteiger partial charge in [-0.25, -0.2) is 10.4 Å². The highest BCUT2D eigenvalue weighted by molar-refractivity contribution is 9.10. The third kappa shape index (κ3) is 4.95. The highest BCUT2D eigenvalue weighted by Gasteiger charge is 2.14. The number of benzene rings is 2. The summed E-state index contributed by atoms with van der Waals surface area (Å²) in [5.74, 6) is 1.90. The number of hydrogen-bond acceptors (Lipinski definition) is 7. The molecule has 0 unspecified atom stereocenters. The Morgan fingerprint density at radius 2 is 1.75 bits per heavy atom. The number of aromatic nitrogens is 1. The van der Waals surface area contributed by atoms with E-state index in [1.807, 2.05) is 48.7 Å². The second-order valence-corrected chi connectivity index (χ2v) is 7.56. The van der Waals surface area contributed by atoms with Gasteiger partial charge in [-0.05, 0) is 36.8 Å². The summed E-state index contributed by atoms with van der Waals surface area (Å²) < 4.78 is 17.6. The number of rotatable bonds is 9. The van der Waals surface area contributed by atoms with E-state index in [9.17, 15) is 0 Å². The predicted octanol–water partition coefficient (Wildman–Crippen LogP) is 5.11. The number of nitrogens with zero attached hydrogens (tertiary/aromatic N) is 1. The zero-order chi connectivity index (χ0) is 19.9. The minimum atomic E-state index is 0.538. The first-order valence-corrected chi connectivity index (χ1v) is 10.4. The number of anilines is 1. The van der Waals surface area contributed by atoms with Crippen LogP contribution in [0.3, 0.4) is 0 Å². The quantitative estimate of drug-likeness (QED) is 0.430. The lowest BCUT2D eigenvalue weighted by molar-refractivity contribution is 0.288. The van der Waals surface area contributed by atoms with Crippen molar-refractivity contribution in [2.75, 3.05) is 26.3 Å². The normalized spacial score (nSPS) is 10.6. The highest BCUT2D eigenvalue weighted by atomic mass is 79.9. The van der Waals surface area contributed by atoms with Gasteiger partial charge in [-0.15, -0.1) is 11.3 Å². The first kappa shape index (κ1) is 20.4. The van der Waals surface area contributed by atoms with Crippen molar-refractivity contribution in [3.63, 3.8) is 0 Å². The second kappa shape index (κ2) is 9.77. The molecule has 1 heterocycles. The molecule has 28 heavy (non-hydrogen) atoms. The summed E-state index contributed by atoms with van der Waals surface area (Å²) in [6.07, 6.45) is 0. The van der Waals surface area contributed by atoms with Crippen LogP contribution < -0.4 is 25.1 Å². The molecule has 0 fully saturated rings. The van der Waals surface area contributed by atoms with E-state index < -0.39 is 0 Å². The van der Waals surface area contributed by atoms with Gasteiger partial charge in [-0.1, -0.05) is 28.1 Å². The van der Waals surface area contributed by atoms with Crippen molar-refractivity contribution in [2.24, 2.45) is 0 Å². The van der Waals surface area contributed by atoms with Gasteiger partial charge in [0.1, 0.15) is 0 Å². The summed E-state index contributed by atoms with van der Waals surface area (Å²) >= 11 is 4.99. The summed E-state index contributed by atoms with van der Waals surface area (Å²) in [4.78, 5) is 4.61. The van der Waals surface area contributed by atoms with Crippen LogP contribution in [0.25, 0.3) is 11.3 Å². The molecule has 0 atom stereocenters. The molecule has 3 aromatic rings. The van der Waals surface area contributed by atoms with Crippen molar-refractivity contribution < 1.29 is 14.2 Å². The van der Waals surface area contributed by atoms with Gasteiger partial charge in [-0.3, -0.25) is 5.43 Å². The maximum absolute atomic E-state index is 5.63. The Bertz CT molecular complexity index is 890. The molecule has 0 spiro atoms. The number of halogens is 1. The van der Waals surface area contributed by atoms with Crippen molar-refractivity contribution in [3.8, 4) is 28.5 Å². The molecule has 3 rings (SSSR count). The molecule has 1 aromatic heterocycles. The monoisotopic (exact) mass is 463 g/mol. The number of hydrazine groups is 1. The molecule has 0 aliphatic heterocycles. The van der Waals surface area contributed by atoms with Gasteiger partial charge in [0, 0.05) is 22.0 Å². The van der Waals surface area contributed by atoms with Gasteiger partial charge in [0.2, 0.25) is 5.75 Å². The SMILES string of the molecule is CCOc1c(OC)cc(CNNc2nc(-c3ccc(Br)cc3)cs2)cc1OC. The van der Waals surface area contributed by atoms with Crippen LogP contribution in [0, 0.1) is 0 Å². The Labute approximate surface area is 177 Å². The van der Waals surface area contributed by atoms with E-state index in [4.69, 9.17) is 14.2 Å². The highest BCUT2D eigenvalue weighted by Crippen LogP contribution is 2.38. The minimum Gasteiger partial charge on any atom is -0.493 e. The standard InChI is InChI=1S/C20H22BrN3O3S/c1-4-27-19-17(25-2)9-13(10-18(19)26-3)11-22-24-20-23-16(12-28-20)14-5-7-15(21)8-6-14/h5-10,12,22H,4,11H2,1-3H3,(H,23,24). The largest absolute Gasteiger partial charge is 0.493 e. The summed E-state index contributed by atoms with van der Waals surface area (Å²) in [6.45, 7) is 3.03. The lowest BCUT2D eigenvalue weighted by Crippen LogP contribution is -2.20. The molecule has 0 bridgehead atoms. The molecule has 0 aliphatic carbocycles. The third-order valence-corrected chi connectivity index (χ3v) is 5.23. The molecule has 6 nitrogen and oxygen atoms in total. The fourth-order valence-corrected chi connectivity index (χ4v) is 3.59. The van der Waals surface area contributed by atoms with Gasteiger partial charge in [-0.2, -0.15) is 0 Å². The molecule has 148 valence electrons. The van der Waals surface area contributed by atoms with Crippen molar-refractivity contribution in [2.45, 2.75) is 13.5 Å². The molecule has 2 aromatic carbocycles. The molecule has 0 aliphatic rings. The first-order valence-electron chi connectivity index (χ1n) is 8.72. The molecule has 2 N–H and O–H groups in total. The number of thiazole rings is 1. The van der Waals surface area contributed by atoms with E-state index in [1.165, 1.54) is 0 Å². The van der Waals surface area contributed by atoms with Crippen LogP contribution >= 0.6 is 27.3 Å². The number of nitrogens with one attached hydrogen (secondary N) is 2. The Hall–Kier alpha value is -2.29. The average molecular weight is 464 g/mol. The molecule has 0 saturated heterocycles. The van der Waals surface area contributed by atoms with Crippen molar-refractivity contribution in [1.29, 1.82) is 0 Å². The van der Waals surface area contributed by atoms with Crippen LogP contribution in [0.1, 0.15) is 12.5 Å². The Kier molecular flexibility index (Phi) is 7.13. The van der Waals surface area contributed by atoms with Crippen LogP contribution in [-0.2, 0) is 6.54 Å². The van der Waals surface area contributed by atoms with E-state index in [-0.39, 0.29) is 0 Å². The minimum absolute atomic E-state index is 0.538. The fourth-order valence-electron chi connectivity index (χ4n) is 2.63. The summed E-state index contributed by atoms with van der Waals surface area (Å²) in [5.41, 5.74) is 9.34. The van der Waals surface area contributed by atoms with E-state index in [1.54, 1.807) is 25.6 Å². The average Bonchev–Trinajstić information content (AvgIpc) is 3.18. The fraction of sp³-hybridized carbons (Fsp3) is 0.250. The lowest BCUT2D eigenvalue weighted by atomic mass is 10.2. The van der Waals surface area contributed by atoms with Gasteiger partial charge >= 0.3 is 0 Å². The maximum Gasteiger partial charge on any atom is 0.203 e. The van der Waals surface area contributed by atoms with Crippen LogP contribution in [0.2, 0.25) is 0 Å². The molecular weight excluding hydrogens is 442 g/mol. The number of ether oxygens (including phenoxy) is 3. The van der Waals surface area contributed by atoms with Gasteiger partial charge < -0.3 is 14.2 Å². The smallest absolute Gasteiger partial charge is 0.203 e. The third-order valence-electron chi connectivity index (χ3n) is 3.94. The molecule has 0 saturated carbocycles. The summed E-state index contributed by atoms with van der Waals surface area (Å²) in [5, 5.41) is 2.82. The molecule has 0 amide bonds. The predicted molar refractivity (Wildman–Crippen MR) is 116 cm³/mol. The van der Waals surface area contributed by atoms with Gasteiger partial charge in [0.15, 0.2) is 16.6 Å². The number of methoxy groups -OCH3 is 2. The van der Waals surface area contributed by atoms with Crippen LogP contribution in [0.4, 0.5) is 5.13 Å². The lowest BCUT2D eigenvalue weighted by Gasteiger charge is -2.15. The van der Waals surface area contributed by atoms with Crippen LogP contribution in [-0.4, -0.2) is 25.8 Å². The number of hydrogen-bond donors (Lipinski definition) is 2. The first-order chi connectivity index (χ1) is 13.6. The van der Waals surface area contributed by atoms with E-state index >= 15 is 0 Å². The summed E-state index contributed by atoms with van der Waals surface area (Å²) in [6, 6.07) is 11.9. The maximum atomic E-state index is 5.63. The Balaban J connectivity index is 1.64. The van der Waals surface area contributed by atoms with Crippen molar-refractivity contribution >= 4 is 32.4 Å². The molecular formula is C20H22BrN3O3S. The van der Waals surface area contributed by atoms with Gasteiger partial charge in [0.25, 0.3) is 0 Å². The summed E-state index contributed by atoms with van der Waals surface area (Å²) in [7, 11) is 3.23.